The molecule has 0 saturated carbocycles. The number of nitrogens with zero attached hydrogens (tertiary/aromatic N) is 2. The van der Waals surface area contributed by atoms with Crippen molar-refractivity contribution in [2.24, 2.45) is 0 Å². The highest BCUT2D eigenvalue weighted by atomic mass is 32.2. The van der Waals surface area contributed by atoms with Crippen LogP contribution in [0.2, 0.25) is 0 Å². The number of hydrogen-bond acceptors (Lipinski definition) is 5. The third-order valence-corrected chi connectivity index (χ3v) is 4.74. The quantitative estimate of drug-likeness (QED) is 0.556. The number of amides is 1. The first-order valence-corrected chi connectivity index (χ1v) is 9.04. The summed E-state index contributed by atoms with van der Waals surface area (Å²) in [5.74, 6) is -0.279. The molecule has 0 radical (unpaired) electrons. The first kappa shape index (κ1) is 19.0. The van der Waals surface area contributed by atoms with Crippen molar-refractivity contribution in [1.82, 2.24) is 14.8 Å². The van der Waals surface area contributed by atoms with E-state index in [0.29, 0.717) is 23.0 Å². The number of aromatic nitrogens is 3. The number of rotatable bonds is 8. The first-order valence-electron chi connectivity index (χ1n) is 8.16. The van der Waals surface area contributed by atoms with Gasteiger partial charge in [-0.05, 0) is 32.4 Å². The van der Waals surface area contributed by atoms with Crippen molar-refractivity contribution in [3.05, 3.63) is 40.3 Å². The Balaban J connectivity index is 2.05. The fourth-order valence-corrected chi connectivity index (χ4v) is 3.06. The summed E-state index contributed by atoms with van der Waals surface area (Å²) in [6, 6.07) is 6.80. The monoisotopic (exact) mass is 362 g/mol. The van der Waals surface area contributed by atoms with Gasteiger partial charge in [-0.1, -0.05) is 37.2 Å². The number of unbranched alkanes of at least 4 members (excludes halogenated alkanes) is 1. The van der Waals surface area contributed by atoms with Gasteiger partial charge >= 0.3 is 5.69 Å². The smallest absolute Gasteiger partial charge is 0.325 e. The summed E-state index contributed by atoms with van der Waals surface area (Å²) < 4.78 is 1.55. The Kier molecular flexibility index (Phi) is 6.58. The molecule has 0 saturated heterocycles. The maximum atomic E-state index is 12.4. The molecule has 134 valence electrons. The lowest BCUT2D eigenvalue weighted by atomic mass is 10.1. The fraction of sp³-hybridized carbons (Fsp3) is 0.412. The van der Waals surface area contributed by atoms with Gasteiger partial charge in [-0.2, -0.15) is 0 Å². The highest BCUT2D eigenvalue weighted by molar-refractivity contribution is 8.00. The normalized spacial score (nSPS) is 12.0. The van der Waals surface area contributed by atoms with E-state index in [4.69, 9.17) is 0 Å². The zero-order chi connectivity index (χ0) is 18.4. The molecule has 2 aromatic rings. The van der Waals surface area contributed by atoms with Crippen LogP contribution in [0.25, 0.3) is 0 Å². The largest absolute Gasteiger partial charge is 0.343 e. The number of benzene rings is 1. The van der Waals surface area contributed by atoms with Crippen LogP contribution in [-0.4, -0.2) is 31.7 Å². The molecule has 1 amide bonds. The summed E-state index contributed by atoms with van der Waals surface area (Å²) in [6.07, 6.45) is 1.83. The zero-order valence-electron chi connectivity index (χ0n) is 14.5. The Labute approximate surface area is 150 Å². The fourth-order valence-electron chi connectivity index (χ4n) is 2.18. The molecule has 7 nitrogen and oxygen atoms in total. The molecule has 8 heteroatoms. The number of aromatic amines is 1. The van der Waals surface area contributed by atoms with E-state index >= 15 is 0 Å². The third-order valence-electron chi connectivity index (χ3n) is 3.65. The van der Waals surface area contributed by atoms with Gasteiger partial charge in [0.15, 0.2) is 10.9 Å². The molecule has 1 aromatic carbocycles. The lowest BCUT2D eigenvalue weighted by Crippen LogP contribution is -2.24. The van der Waals surface area contributed by atoms with E-state index in [0.717, 1.165) is 12.8 Å². The SMILES string of the molecule is CCCCn1c(SC(C)C(=O)Nc2cccc(C(C)=O)c2)n[nH]c1=O. The molecule has 25 heavy (non-hydrogen) atoms. The number of nitrogens with one attached hydrogen (secondary N) is 2. The highest BCUT2D eigenvalue weighted by Crippen LogP contribution is 2.22. The number of carbonyl (C=O) groups excluding carboxylic acids is 2. The number of thioether (sulfide) groups is 1. The highest BCUT2D eigenvalue weighted by Gasteiger charge is 2.19. The topological polar surface area (TPSA) is 96.8 Å². The predicted octanol–water partition coefficient (Wildman–Crippen LogP) is 2.69. The van der Waals surface area contributed by atoms with Gasteiger partial charge in [0, 0.05) is 17.8 Å². The molecular weight excluding hydrogens is 340 g/mol. The minimum Gasteiger partial charge on any atom is -0.325 e. The van der Waals surface area contributed by atoms with Crippen molar-refractivity contribution in [3.8, 4) is 0 Å². The Hall–Kier alpha value is -2.35. The molecular formula is C17H22N4O3S. The van der Waals surface area contributed by atoms with E-state index in [1.807, 2.05) is 6.92 Å². The van der Waals surface area contributed by atoms with Crippen LogP contribution in [0.3, 0.4) is 0 Å². The molecule has 0 aliphatic rings. The molecule has 2 rings (SSSR count). The van der Waals surface area contributed by atoms with Crippen molar-refractivity contribution in [3.63, 3.8) is 0 Å². The van der Waals surface area contributed by atoms with Gasteiger partial charge in [0.2, 0.25) is 5.91 Å². The molecule has 0 bridgehead atoms. The van der Waals surface area contributed by atoms with Gasteiger partial charge in [0.25, 0.3) is 0 Å². The maximum absolute atomic E-state index is 12.4. The first-order chi connectivity index (χ1) is 11.9. The van der Waals surface area contributed by atoms with E-state index < -0.39 is 5.25 Å². The second-order valence-electron chi connectivity index (χ2n) is 5.70. The second kappa shape index (κ2) is 8.66. The van der Waals surface area contributed by atoms with Crippen LogP contribution in [0.15, 0.2) is 34.2 Å². The lowest BCUT2D eigenvalue weighted by molar-refractivity contribution is -0.115. The van der Waals surface area contributed by atoms with Crippen molar-refractivity contribution in [1.29, 1.82) is 0 Å². The van der Waals surface area contributed by atoms with Crippen molar-refractivity contribution >= 4 is 29.1 Å². The molecule has 2 N–H and O–H groups in total. The Morgan fingerprint density at radius 2 is 2.16 bits per heavy atom. The van der Waals surface area contributed by atoms with E-state index in [2.05, 4.69) is 15.5 Å². The van der Waals surface area contributed by atoms with Gasteiger partial charge in [-0.25, -0.2) is 9.89 Å². The standard InChI is InChI=1S/C17H22N4O3S/c1-4-5-9-21-16(24)19-20-17(21)25-12(3)15(23)18-14-8-6-7-13(10-14)11(2)22/h6-8,10,12H,4-5,9H2,1-3H3,(H,18,23)(H,19,24). The summed E-state index contributed by atoms with van der Waals surface area (Å²) in [4.78, 5) is 35.6. The Morgan fingerprint density at radius 1 is 1.40 bits per heavy atom. The van der Waals surface area contributed by atoms with Crippen molar-refractivity contribution in [2.75, 3.05) is 5.32 Å². The van der Waals surface area contributed by atoms with E-state index in [1.54, 1.807) is 35.8 Å². The minimum atomic E-state index is -0.448. The number of anilines is 1. The van der Waals surface area contributed by atoms with Crippen LogP contribution in [0.5, 0.6) is 0 Å². The second-order valence-corrected chi connectivity index (χ2v) is 7.01. The van der Waals surface area contributed by atoms with Crippen LogP contribution in [-0.2, 0) is 11.3 Å². The average Bonchev–Trinajstić information content (AvgIpc) is 2.92. The van der Waals surface area contributed by atoms with Crippen LogP contribution >= 0.6 is 11.8 Å². The maximum Gasteiger partial charge on any atom is 0.343 e. The number of carbonyl (C=O) groups is 2. The lowest BCUT2D eigenvalue weighted by Gasteiger charge is -2.12. The van der Waals surface area contributed by atoms with Gasteiger partial charge < -0.3 is 5.32 Å². The predicted molar refractivity (Wildman–Crippen MR) is 98.2 cm³/mol. The number of hydrogen-bond donors (Lipinski definition) is 2. The van der Waals surface area contributed by atoms with Crippen LogP contribution in [0, 0.1) is 0 Å². The molecule has 0 fully saturated rings. The van der Waals surface area contributed by atoms with Crippen LogP contribution in [0.4, 0.5) is 5.69 Å². The molecule has 0 aliphatic carbocycles. The zero-order valence-corrected chi connectivity index (χ0v) is 15.4. The van der Waals surface area contributed by atoms with E-state index in [-0.39, 0.29) is 17.4 Å². The summed E-state index contributed by atoms with van der Waals surface area (Å²) >= 11 is 1.22. The number of ketones is 1. The van der Waals surface area contributed by atoms with Gasteiger partial charge in [-0.15, -0.1) is 5.10 Å². The Bertz CT molecular complexity index is 812. The minimum absolute atomic E-state index is 0.0602. The van der Waals surface area contributed by atoms with Crippen LogP contribution in [0.1, 0.15) is 44.0 Å². The summed E-state index contributed by atoms with van der Waals surface area (Å²) in [5, 5.41) is 9.27. The van der Waals surface area contributed by atoms with Gasteiger partial charge in [0.05, 0.1) is 5.25 Å². The molecule has 0 aliphatic heterocycles. The summed E-state index contributed by atoms with van der Waals surface area (Å²) in [5.41, 5.74) is 0.840. The number of Topliss-reactive ketones (excluding diaryl/α,β-unsaturated/α-hetero) is 1. The molecule has 1 unspecified atom stereocenters. The summed E-state index contributed by atoms with van der Waals surface area (Å²) in [6.45, 7) is 5.84. The molecule has 1 heterocycles. The van der Waals surface area contributed by atoms with Crippen molar-refractivity contribution < 1.29 is 9.59 Å². The Morgan fingerprint density at radius 3 is 2.84 bits per heavy atom. The molecule has 0 spiro atoms. The summed E-state index contributed by atoms with van der Waals surface area (Å²) in [7, 11) is 0. The number of H-pyrrole nitrogens is 1. The van der Waals surface area contributed by atoms with Crippen molar-refractivity contribution in [2.45, 2.75) is 50.6 Å². The molecule has 1 atom stereocenters. The van der Waals surface area contributed by atoms with E-state index in [1.165, 1.54) is 18.7 Å². The van der Waals surface area contributed by atoms with Gasteiger partial charge in [-0.3, -0.25) is 14.2 Å². The van der Waals surface area contributed by atoms with Crippen LogP contribution < -0.4 is 11.0 Å². The van der Waals surface area contributed by atoms with E-state index in [9.17, 15) is 14.4 Å². The third kappa shape index (κ3) is 5.06. The van der Waals surface area contributed by atoms with Gasteiger partial charge in [0.1, 0.15) is 0 Å². The molecule has 1 aromatic heterocycles. The average molecular weight is 362 g/mol.